The number of hydrogen-bond donors (Lipinski definition) is 0. The van der Waals surface area contributed by atoms with Crippen LogP contribution in [0.25, 0.3) is 0 Å². The van der Waals surface area contributed by atoms with Crippen LogP contribution >= 0.6 is 0 Å². The van der Waals surface area contributed by atoms with Gasteiger partial charge in [0.15, 0.2) is 0 Å². The molecule has 4 nitrogen and oxygen atoms in total. The Kier molecular flexibility index (Phi) is 2.47. The molecule has 1 saturated heterocycles. The summed E-state index contributed by atoms with van der Waals surface area (Å²) < 4.78 is 13.7. The number of rotatable bonds is 1. The molecule has 3 aliphatic rings. The Hall–Kier alpha value is -1.91. The molecule has 4 rings (SSSR count). The topological polar surface area (TPSA) is 40.6 Å². The number of hydrogen-bond acceptors (Lipinski definition) is 2. The van der Waals surface area contributed by atoms with Crippen LogP contribution in [0.15, 0.2) is 24.3 Å². The summed E-state index contributed by atoms with van der Waals surface area (Å²) in [4.78, 5) is 28.0. The summed E-state index contributed by atoms with van der Waals surface area (Å²) in [5, 5.41) is 0. The van der Waals surface area contributed by atoms with Crippen LogP contribution in [0, 0.1) is 0 Å². The summed E-state index contributed by atoms with van der Waals surface area (Å²) in [7, 11) is 0. The molecule has 21 heavy (non-hydrogen) atoms. The zero-order valence-corrected chi connectivity index (χ0v) is 11.9. The van der Waals surface area contributed by atoms with E-state index in [-0.39, 0.29) is 30.8 Å². The van der Waals surface area contributed by atoms with Crippen LogP contribution in [-0.4, -0.2) is 39.5 Å². The normalized spacial score (nSPS) is 34.6. The van der Waals surface area contributed by atoms with Crippen molar-refractivity contribution < 1.29 is 14.0 Å². The van der Waals surface area contributed by atoms with Gasteiger partial charge in [0, 0.05) is 31.8 Å². The molecule has 0 bridgehead atoms. The summed E-state index contributed by atoms with van der Waals surface area (Å²) in [6.07, 6.45) is 1.09. The van der Waals surface area contributed by atoms with Gasteiger partial charge < -0.3 is 4.90 Å². The molecule has 0 N–H and O–H groups in total. The molecule has 0 spiro atoms. The van der Waals surface area contributed by atoms with Crippen LogP contribution in [0.3, 0.4) is 0 Å². The standard InChI is InChI=1S/C16H17FN2O2/c1-16(17)7-12(8-16)19-14(20)13-6-10-4-2-3-5-11(10)9-18(13)15(19)21/h2-5,12-13H,6-9H2,1H3. The van der Waals surface area contributed by atoms with Gasteiger partial charge in [0.25, 0.3) is 5.91 Å². The van der Waals surface area contributed by atoms with Crippen molar-refractivity contribution in [3.8, 4) is 0 Å². The number of urea groups is 1. The van der Waals surface area contributed by atoms with Crippen LogP contribution in [-0.2, 0) is 17.8 Å². The highest BCUT2D eigenvalue weighted by atomic mass is 19.1. The lowest BCUT2D eigenvalue weighted by Crippen LogP contribution is -2.54. The van der Waals surface area contributed by atoms with Crippen molar-refractivity contribution in [3.05, 3.63) is 35.4 Å². The number of alkyl halides is 1. The van der Waals surface area contributed by atoms with Crippen LogP contribution in [0.1, 0.15) is 30.9 Å². The van der Waals surface area contributed by atoms with E-state index in [0.717, 1.165) is 11.1 Å². The van der Waals surface area contributed by atoms with Gasteiger partial charge in [0.2, 0.25) is 0 Å². The van der Waals surface area contributed by atoms with E-state index in [1.54, 1.807) is 4.90 Å². The van der Waals surface area contributed by atoms with Gasteiger partial charge in [-0.2, -0.15) is 0 Å². The molecule has 0 aromatic heterocycles. The van der Waals surface area contributed by atoms with E-state index in [0.29, 0.717) is 13.0 Å². The molecule has 2 aliphatic heterocycles. The van der Waals surface area contributed by atoms with Gasteiger partial charge in [-0.3, -0.25) is 9.69 Å². The zero-order valence-electron chi connectivity index (χ0n) is 11.9. The molecule has 1 aliphatic carbocycles. The minimum absolute atomic E-state index is 0.157. The smallest absolute Gasteiger partial charge is 0.308 e. The molecule has 110 valence electrons. The fourth-order valence-electron chi connectivity index (χ4n) is 3.78. The maximum atomic E-state index is 13.7. The van der Waals surface area contributed by atoms with E-state index in [4.69, 9.17) is 0 Å². The Labute approximate surface area is 122 Å². The number of carbonyl (C=O) groups excluding carboxylic acids is 2. The third-order valence-corrected chi connectivity index (χ3v) is 4.91. The van der Waals surface area contributed by atoms with Crippen molar-refractivity contribution in [1.29, 1.82) is 0 Å². The van der Waals surface area contributed by atoms with Crippen LogP contribution in [0.4, 0.5) is 9.18 Å². The number of carbonyl (C=O) groups is 2. The van der Waals surface area contributed by atoms with Gasteiger partial charge in [0.05, 0.1) is 0 Å². The van der Waals surface area contributed by atoms with Gasteiger partial charge in [-0.1, -0.05) is 24.3 Å². The Morgan fingerprint density at radius 2 is 1.86 bits per heavy atom. The van der Waals surface area contributed by atoms with Crippen LogP contribution < -0.4 is 0 Å². The van der Waals surface area contributed by atoms with Gasteiger partial charge in [-0.25, -0.2) is 9.18 Å². The molecule has 0 radical (unpaired) electrons. The SMILES string of the molecule is CC1(F)CC(N2C(=O)C3Cc4ccccc4CN3C2=O)C1. The Bertz CT molecular complexity index is 592. The van der Waals surface area contributed by atoms with E-state index < -0.39 is 11.7 Å². The molecule has 5 heteroatoms. The van der Waals surface area contributed by atoms with Crippen molar-refractivity contribution in [1.82, 2.24) is 9.80 Å². The third-order valence-electron chi connectivity index (χ3n) is 4.91. The van der Waals surface area contributed by atoms with Crippen molar-refractivity contribution >= 4 is 11.9 Å². The van der Waals surface area contributed by atoms with Gasteiger partial charge >= 0.3 is 6.03 Å². The van der Waals surface area contributed by atoms with E-state index >= 15 is 0 Å². The molecule has 1 unspecified atom stereocenters. The second-order valence-electron chi connectivity index (χ2n) is 6.58. The van der Waals surface area contributed by atoms with E-state index in [2.05, 4.69) is 0 Å². The first kappa shape index (κ1) is 12.8. The number of nitrogens with zero attached hydrogens (tertiary/aromatic N) is 2. The maximum Gasteiger partial charge on any atom is 0.328 e. The summed E-state index contributed by atoms with van der Waals surface area (Å²) in [5.41, 5.74) is 0.989. The number of fused-ring (bicyclic) bond motifs is 2. The molecule has 3 amide bonds. The minimum Gasteiger partial charge on any atom is -0.308 e. The first-order chi connectivity index (χ1) is 9.96. The highest BCUT2D eigenvalue weighted by molar-refractivity contribution is 6.05. The number of benzene rings is 1. The van der Waals surface area contributed by atoms with Crippen molar-refractivity contribution in [2.45, 2.75) is 50.5 Å². The van der Waals surface area contributed by atoms with Gasteiger partial charge in [-0.15, -0.1) is 0 Å². The molecule has 2 heterocycles. The van der Waals surface area contributed by atoms with E-state index in [9.17, 15) is 14.0 Å². The molecular formula is C16H17FN2O2. The highest BCUT2D eigenvalue weighted by Gasteiger charge is 2.54. The van der Waals surface area contributed by atoms with Crippen molar-refractivity contribution in [3.63, 3.8) is 0 Å². The predicted octanol–water partition coefficient (Wildman–Crippen LogP) is 2.27. The van der Waals surface area contributed by atoms with Crippen LogP contribution in [0.2, 0.25) is 0 Å². The van der Waals surface area contributed by atoms with E-state index in [1.807, 2.05) is 24.3 Å². The highest BCUT2D eigenvalue weighted by Crippen LogP contribution is 2.42. The van der Waals surface area contributed by atoms with Crippen molar-refractivity contribution in [2.75, 3.05) is 0 Å². The van der Waals surface area contributed by atoms with Gasteiger partial charge in [0.1, 0.15) is 11.7 Å². The first-order valence-corrected chi connectivity index (χ1v) is 7.36. The Morgan fingerprint density at radius 3 is 2.52 bits per heavy atom. The molecular weight excluding hydrogens is 271 g/mol. The van der Waals surface area contributed by atoms with Gasteiger partial charge in [-0.05, 0) is 18.1 Å². The second kappa shape index (κ2) is 4.06. The average molecular weight is 288 g/mol. The molecule has 2 fully saturated rings. The second-order valence-corrected chi connectivity index (χ2v) is 6.58. The fraction of sp³-hybridized carbons (Fsp3) is 0.500. The first-order valence-electron chi connectivity index (χ1n) is 7.36. The summed E-state index contributed by atoms with van der Waals surface area (Å²) in [6, 6.07) is 6.98. The minimum atomic E-state index is -1.24. The summed E-state index contributed by atoms with van der Waals surface area (Å²) in [6.45, 7) is 2.00. The van der Waals surface area contributed by atoms with Crippen molar-refractivity contribution in [2.24, 2.45) is 0 Å². The number of amides is 3. The molecule has 1 aromatic carbocycles. The number of imide groups is 1. The molecule has 1 saturated carbocycles. The summed E-state index contributed by atoms with van der Waals surface area (Å²) >= 11 is 0. The molecule has 1 aromatic rings. The van der Waals surface area contributed by atoms with Crippen LogP contribution in [0.5, 0.6) is 0 Å². The lowest BCUT2D eigenvalue weighted by molar-refractivity contribution is -0.133. The third kappa shape index (κ3) is 1.79. The maximum absolute atomic E-state index is 13.7. The van der Waals surface area contributed by atoms with E-state index in [1.165, 1.54) is 11.8 Å². The quantitative estimate of drug-likeness (QED) is 0.744. The Balaban J connectivity index is 1.61. The predicted molar refractivity (Wildman–Crippen MR) is 74.3 cm³/mol. The largest absolute Gasteiger partial charge is 0.328 e. The molecule has 1 atom stereocenters. The Morgan fingerprint density at radius 1 is 1.19 bits per heavy atom. The fourth-order valence-corrected chi connectivity index (χ4v) is 3.78. The monoisotopic (exact) mass is 288 g/mol. The lowest BCUT2D eigenvalue weighted by atomic mass is 9.78. The average Bonchev–Trinajstić information content (AvgIpc) is 2.66. The number of halogens is 1. The zero-order chi connectivity index (χ0) is 14.8. The summed E-state index contributed by atoms with van der Waals surface area (Å²) in [5.74, 6) is -0.157. The lowest BCUT2D eigenvalue weighted by Gasteiger charge is -2.42.